The van der Waals surface area contributed by atoms with E-state index < -0.39 is 0 Å². The standard InChI is InChI=1S/C15H18N2O2S/c1-10-4-2-3-7-17(10)15(19)11-5-6-13-12(8-11)16-14(18)9-20-13/h5-6,8,10H,2-4,7,9H2,1H3,(H,16,18)/t10-/m0/s1. The number of thioether (sulfide) groups is 1. The van der Waals surface area contributed by atoms with E-state index in [0.717, 1.165) is 30.0 Å². The molecule has 2 amide bonds. The molecular weight excluding hydrogens is 272 g/mol. The van der Waals surface area contributed by atoms with E-state index in [1.807, 2.05) is 23.1 Å². The number of amides is 2. The minimum Gasteiger partial charge on any atom is -0.336 e. The summed E-state index contributed by atoms with van der Waals surface area (Å²) in [5.41, 5.74) is 1.43. The molecule has 0 saturated carbocycles. The van der Waals surface area contributed by atoms with Gasteiger partial charge < -0.3 is 10.2 Å². The largest absolute Gasteiger partial charge is 0.336 e. The second kappa shape index (κ2) is 5.48. The lowest BCUT2D eigenvalue weighted by Gasteiger charge is -2.33. The number of hydrogen-bond acceptors (Lipinski definition) is 3. The highest BCUT2D eigenvalue weighted by molar-refractivity contribution is 8.00. The van der Waals surface area contributed by atoms with Crippen molar-refractivity contribution in [1.82, 2.24) is 4.90 Å². The Balaban J connectivity index is 1.85. The smallest absolute Gasteiger partial charge is 0.254 e. The van der Waals surface area contributed by atoms with E-state index in [1.165, 1.54) is 18.2 Å². The van der Waals surface area contributed by atoms with Gasteiger partial charge in [0, 0.05) is 23.0 Å². The van der Waals surface area contributed by atoms with Gasteiger partial charge in [0.25, 0.3) is 5.91 Å². The molecule has 0 unspecified atom stereocenters. The summed E-state index contributed by atoms with van der Waals surface area (Å²) in [6, 6.07) is 5.91. The Bertz CT molecular complexity index is 559. The van der Waals surface area contributed by atoms with Gasteiger partial charge in [-0.1, -0.05) is 0 Å². The molecule has 1 aromatic carbocycles. The molecule has 2 heterocycles. The zero-order chi connectivity index (χ0) is 14.1. The van der Waals surface area contributed by atoms with Crippen molar-refractivity contribution >= 4 is 29.3 Å². The average molecular weight is 290 g/mol. The summed E-state index contributed by atoms with van der Waals surface area (Å²) in [6.07, 6.45) is 3.35. The van der Waals surface area contributed by atoms with Crippen LogP contribution in [0.4, 0.5) is 5.69 Å². The van der Waals surface area contributed by atoms with Gasteiger partial charge in [-0.05, 0) is 44.4 Å². The second-order valence-electron chi connectivity index (χ2n) is 5.39. The second-order valence-corrected chi connectivity index (χ2v) is 6.41. The molecular formula is C15H18N2O2S. The highest BCUT2D eigenvalue weighted by Crippen LogP contribution is 2.32. The molecule has 20 heavy (non-hydrogen) atoms. The van der Waals surface area contributed by atoms with E-state index in [4.69, 9.17) is 0 Å². The number of likely N-dealkylation sites (tertiary alicyclic amines) is 1. The van der Waals surface area contributed by atoms with Crippen LogP contribution < -0.4 is 5.32 Å². The third-order valence-corrected chi connectivity index (χ3v) is 5.00. The van der Waals surface area contributed by atoms with Crippen molar-refractivity contribution in [1.29, 1.82) is 0 Å². The van der Waals surface area contributed by atoms with Gasteiger partial charge in [0.15, 0.2) is 0 Å². The van der Waals surface area contributed by atoms with Crippen molar-refractivity contribution in [3.05, 3.63) is 23.8 Å². The van der Waals surface area contributed by atoms with E-state index >= 15 is 0 Å². The Morgan fingerprint density at radius 1 is 1.40 bits per heavy atom. The number of anilines is 1. The number of nitrogens with one attached hydrogen (secondary N) is 1. The predicted molar refractivity (Wildman–Crippen MR) is 80.1 cm³/mol. The third-order valence-electron chi connectivity index (χ3n) is 3.92. The highest BCUT2D eigenvalue weighted by Gasteiger charge is 2.25. The topological polar surface area (TPSA) is 49.4 Å². The Morgan fingerprint density at radius 3 is 3.05 bits per heavy atom. The molecule has 0 aromatic heterocycles. The lowest BCUT2D eigenvalue weighted by molar-refractivity contribution is -0.113. The van der Waals surface area contributed by atoms with Crippen LogP contribution in [0.1, 0.15) is 36.5 Å². The van der Waals surface area contributed by atoms with Gasteiger partial charge in [-0.2, -0.15) is 0 Å². The molecule has 0 radical (unpaired) electrons. The van der Waals surface area contributed by atoms with Crippen molar-refractivity contribution in [3.63, 3.8) is 0 Å². The van der Waals surface area contributed by atoms with E-state index in [2.05, 4.69) is 12.2 Å². The molecule has 3 rings (SSSR count). The monoisotopic (exact) mass is 290 g/mol. The van der Waals surface area contributed by atoms with Gasteiger partial charge in [0.2, 0.25) is 5.91 Å². The van der Waals surface area contributed by atoms with Crippen LogP contribution >= 0.6 is 11.8 Å². The molecule has 2 aliphatic heterocycles. The summed E-state index contributed by atoms with van der Waals surface area (Å²) in [5.74, 6) is 0.520. The first kappa shape index (κ1) is 13.5. The van der Waals surface area contributed by atoms with Crippen molar-refractivity contribution in [2.45, 2.75) is 37.1 Å². The number of piperidine rings is 1. The van der Waals surface area contributed by atoms with Gasteiger partial charge >= 0.3 is 0 Å². The van der Waals surface area contributed by atoms with Crippen LogP contribution in [0, 0.1) is 0 Å². The van der Waals surface area contributed by atoms with Crippen molar-refractivity contribution < 1.29 is 9.59 Å². The van der Waals surface area contributed by atoms with E-state index in [9.17, 15) is 9.59 Å². The Hall–Kier alpha value is -1.49. The molecule has 0 aliphatic carbocycles. The molecule has 0 bridgehead atoms. The van der Waals surface area contributed by atoms with Gasteiger partial charge in [-0.25, -0.2) is 0 Å². The lowest BCUT2D eigenvalue weighted by Crippen LogP contribution is -2.42. The van der Waals surface area contributed by atoms with Crippen LogP contribution in [0.15, 0.2) is 23.1 Å². The fourth-order valence-electron chi connectivity index (χ4n) is 2.78. The number of carbonyl (C=O) groups is 2. The number of fused-ring (bicyclic) bond motifs is 1. The van der Waals surface area contributed by atoms with Gasteiger partial charge in [0.1, 0.15) is 0 Å². The van der Waals surface area contributed by atoms with E-state index in [1.54, 1.807) is 0 Å². The molecule has 2 aliphatic rings. The van der Waals surface area contributed by atoms with Crippen LogP contribution in [-0.2, 0) is 4.79 Å². The summed E-state index contributed by atoms with van der Waals surface area (Å²) >= 11 is 1.52. The maximum atomic E-state index is 12.6. The minimum absolute atomic E-state index is 0.00144. The molecule has 5 heteroatoms. The van der Waals surface area contributed by atoms with Crippen LogP contribution in [-0.4, -0.2) is 35.1 Å². The minimum atomic E-state index is -0.00144. The third kappa shape index (κ3) is 2.54. The quantitative estimate of drug-likeness (QED) is 0.865. The van der Waals surface area contributed by atoms with Crippen LogP contribution in [0.2, 0.25) is 0 Å². The summed E-state index contributed by atoms with van der Waals surface area (Å²) in [7, 11) is 0. The Labute approximate surface area is 122 Å². The van der Waals surface area contributed by atoms with E-state index in [-0.39, 0.29) is 11.8 Å². The number of benzene rings is 1. The molecule has 1 N–H and O–H groups in total. The molecule has 4 nitrogen and oxygen atoms in total. The summed E-state index contributed by atoms with van der Waals surface area (Å²) < 4.78 is 0. The zero-order valence-electron chi connectivity index (χ0n) is 11.5. The Morgan fingerprint density at radius 2 is 2.25 bits per heavy atom. The first-order valence-corrected chi connectivity index (χ1v) is 8.01. The van der Waals surface area contributed by atoms with Crippen LogP contribution in [0.5, 0.6) is 0 Å². The fourth-order valence-corrected chi connectivity index (χ4v) is 3.57. The molecule has 1 saturated heterocycles. The first-order valence-electron chi connectivity index (χ1n) is 7.03. The molecule has 106 valence electrons. The molecule has 1 fully saturated rings. The van der Waals surface area contributed by atoms with Crippen LogP contribution in [0.3, 0.4) is 0 Å². The van der Waals surface area contributed by atoms with Crippen molar-refractivity contribution in [2.75, 3.05) is 17.6 Å². The highest BCUT2D eigenvalue weighted by atomic mass is 32.2. The van der Waals surface area contributed by atoms with Crippen molar-refractivity contribution in [3.8, 4) is 0 Å². The van der Waals surface area contributed by atoms with Gasteiger partial charge in [-0.15, -0.1) is 11.8 Å². The first-order chi connectivity index (χ1) is 9.65. The average Bonchev–Trinajstić information content (AvgIpc) is 2.46. The normalized spacial score (nSPS) is 22.1. The molecule has 0 spiro atoms. The Kier molecular flexibility index (Phi) is 3.70. The summed E-state index contributed by atoms with van der Waals surface area (Å²) in [6.45, 7) is 2.94. The van der Waals surface area contributed by atoms with Crippen molar-refractivity contribution in [2.24, 2.45) is 0 Å². The maximum Gasteiger partial charge on any atom is 0.254 e. The zero-order valence-corrected chi connectivity index (χ0v) is 12.3. The molecule has 1 aromatic rings. The number of rotatable bonds is 1. The number of carbonyl (C=O) groups excluding carboxylic acids is 2. The van der Waals surface area contributed by atoms with Crippen LogP contribution in [0.25, 0.3) is 0 Å². The maximum absolute atomic E-state index is 12.6. The molecule has 1 atom stereocenters. The fraction of sp³-hybridized carbons (Fsp3) is 0.467. The number of nitrogens with zero attached hydrogens (tertiary/aromatic N) is 1. The van der Waals surface area contributed by atoms with E-state index in [0.29, 0.717) is 17.4 Å². The van der Waals surface area contributed by atoms with Gasteiger partial charge in [0.05, 0.1) is 11.4 Å². The van der Waals surface area contributed by atoms with Gasteiger partial charge in [-0.3, -0.25) is 9.59 Å². The summed E-state index contributed by atoms with van der Waals surface area (Å²) in [4.78, 5) is 27.0. The number of hydrogen-bond donors (Lipinski definition) is 1. The predicted octanol–water partition coefficient (Wildman–Crippen LogP) is 2.75. The lowest BCUT2D eigenvalue weighted by atomic mass is 10.0. The SMILES string of the molecule is C[C@H]1CCCCN1C(=O)c1ccc2c(c1)NC(=O)CS2. The summed E-state index contributed by atoms with van der Waals surface area (Å²) in [5, 5.41) is 2.84.